The zero-order valence-corrected chi connectivity index (χ0v) is 13.8. The van der Waals surface area contributed by atoms with Crippen molar-refractivity contribution in [1.82, 2.24) is 0 Å². The normalized spacial score (nSPS) is 16.0. The van der Waals surface area contributed by atoms with Crippen molar-refractivity contribution >= 4 is 11.4 Å². The first-order valence-corrected chi connectivity index (χ1v) is 8.17. The first-order valence-electron chi connectivity index (χ1n) is 8.17. The van der Waals surface area contributed by atoms with Crippen LogP contribution < -0.4 is 9.80 Å². The number of hydrogen-bond donors (Lipinski definition) is 1. The summed E-state index contributed by atoms with van der Waals surface area (Å²) in [5.41, 5.74) is 1.80. The molecular formula is C18H23FN2O3. The van der Waals surface area contributed by atoms with Crippen LogP contribution in [0, 0.1) is 5.82 Å². The van der Waals surface area contributed by atoms with Crippen LogP contribution in [-0.4, -0.2) is 44.5 Å². The van der Waals surface area contributed by atoms with Crippen molar-refractivity contribution < 1.29 is 18.7 Å². The summed E-state index contributed by atoms with van der Waals surface area (Å²) in [5, 5.41) is 10.3. The van der Waals surface area contributed by atoms with E-state index in [1.807, 2.05) is 18.0 Å². The largest absolute Gasteiger partial charge is 0.467 e. The number of anilines is 2. The monoisotopic (exact) mass is 334 g/mol. The highest BCUT2D eigenvalue weighted by Crippen LogP contribution is 2.32. The molecule has 1 aromatic carbocycles. The van der Waals surface area contributed by atoms with Gasteiger partial charge in [0.15, 0.2) is 0 Å². The lowest BCUT2D eigenvalue weighted by molar-refractivity contribution is 0.0256. The third kappa shape index (κ3) is 4.07. The van der Waals surface area contributed by atoms with E-state index >= 15 is 0 Å². The Bertz CT molecular complexity index is 648. The maximum atomic E-state index is 13.7. The van der Waals surface area contributed by atoms with E-state index in [1.165, 1.54) is 12.1 Å². The van der Waals surface area contributed by atoms with E-state index in [1.54, 1.807) is 18.4 Å². The molecule has 6 heteroatoms. The fraction of sp³-hybridized carbons (Fsp3) is 0.444. The molecule has 0 fully saturated rings. The molecule has 24 heavy (non-hydrogen) atoms. The second-order valence-corrected chi connectivity index (χ2v) is 6.10. The van der Waals surface area contributed by atoms with Crippen LogP contribution in [0.15, 0.2) is 41.0 Å². The summed E-state index contributed by atoms with van der Waals surface area (Å²) in [4.78, 5) is 4.15. The number of halogens is 1. The molecule has 0 radical (unpaired) electrons. The van der Waals surface area contributed by atoms with Crippen LogP contribution in [0.1, 0.15) is 12.2 Å². The Morgan fingerprint density at radius 1 is 1.29 bits per heavy atom. The van der Waals surface area contributed by atoms with Gasteiger partial charge in [-0.15, -0.1) is 0 Å². The molecule has 1 aromatic heterocycles. The number of aliphatic hydroxyl groups excluding tert-OH is 1. The molecule has 3 rings (SSSR count). The van der Waals surface area contributed by atoms with Crippen molar-refractivity contribution in [2.45, 2.75) is 19.1 Å². The van der Waals surface area contributed by atoms with Gasteiger partial charge in [0.1, 0.15) is 18.2 Å². The predicted octanol–water partition coefficient (Wildman–Crippen LogP) is 2.64. The predicted molar refractivity (Wildman–Crippen MR) is 90.9 cm³/mol. The molecule has 1 atom stereocenters. The number of hydrogen-bond acceptors (Lipinski definition) is 5. The van der Waals surface area contributed by atoms with Gasteiger partial charge in [0, 0.05) is 26.7 Å². The maximum absolute atomic E-state index is 13.7. The topological polar surface area (TPSA) is 49.1 Å². The van der Waals surface area contributed by atoms with Crippen LogP contribution in [0.3, 0.4) is 0 Å². The summed E-state index contributed by atoms with van der Waals surface area (Å²) in [7, 11) is 2.00. The highest BCUT2D eigenvalue weighted by Gasteiger charge is 2.21. The SMILES string of the molecule is CN1CCCN(CC(O)COCc2ccco2)c2cc(F)ccc21. The van der Waals surface area contributed by atoms with Gasteiger partial charge in [-0.05, 0) is 36.8 Å². The van der Waals surface area contributed by atoms with Crippen molar-refractivity contribution in [3.05, 3.63) is 48.2 Å². The molecule has 0 amide bonds. The molecule has 1 N–H and O–H groups in total. The van der Waals surface area contributed by atoms with E-state index in [9.17, 15) is 9.50 Å². The van der Waals surface area contributed by atoms with Crippen molar-refractivity contribution in [2.75, 3.05) is 43.1 Å². The van der Waals surface area contributed by atoms with Gasteiger partial charge in [0.2, 0.25) is 0 Å². The zero-order valence-electron chi connectivity index (χ0n) is 13.8. The van der Waals surface area contributed by atoms with Crippen molar-refractivity contribution in [3.8, 4) is 0 Å². The number of fused-ring (bicyclic) bond motifs is 1. The molecule has 0 saturated carbocycles. The van der Waals surface area contributed by atoms with Crippen LogP contribution in [0.4, 0.5) is 15.8 Å². The van der Waals surface area contributed by atoms with Gasteiger partial charge >= 0.3 is 0 Å². The number of ether oxygens (including phenoxy) is 1. The average molecular weight is 334 g/mol. The van der Waals surface area contributed by atoms with Crippen LogP contribution in [-0.2, 0) is 11.3 Å². The van der Waals surface area contributed by atoms with E-state index in [4.69, 9.17) is 9.15 Å². The molecule has 130 valence electrons. The molecule has 0 bridgehead atoms. The van der Waals surface area contributed by atoms with Gasteiger partial charge < -0.3 is 24.1 Å². The first kappa shape index (κ1) is 16.8. The van der Waals surface area contributed by atoms with Gasteiger partial charge in [-0.3, -0.25) is 0 Å². The Morgan fingerprint density at radius 3 is 2.96 bits per heavy atom. The summed E-state index contributed by atoms with van der Waals surface area (Å²) in [6.45, 7) is 2.62. The zero-order chi connectivity index (χ0) is 16.9. The van der Waals surface area contributed by atoms with Gasteiger partial charge in [0.05, 0.1) is 30.3 Å². The van der Waals surface area contributed by atoms with E-state index in [0.717, 1.165) is 36.6 Å². The Morgan fingerprint density at radius 2 is 2.17 bits per heavy atom. The first-order chi connectivity index (χ1) is 11.6. The number of rotatable bonds is 6. The van der Waals surface area contributed by atoms with Crippen molar-refractivity contribution in [2.24, 2.45) is 0 Å². The lowest BCUT2D eigenvalue weighted by atomic mass is 10.2. The fourth-order valence-corrected chi connectivity index (χ4v) is 3.00. The minimum Gasteiger partial charge on any atom is -0.467 e. The summed E-state index contributed by atoms with van der Waals surface area (Å²) in [5.74, 6) is 0.462. The Hall–Kier alpha value is -2.05. The summed E-state index contributed by atoms with van der Waals surface area (Å²) >= 11 is 0. The number of nitrogens with zero attached hydrogens (tertiary/aromatic N) is 2. The van der Waals surface area contributed by atoms with Crippen LogP contribution in [0.2, 0.25) is 0 Å². The molecule has 1 unspecified atom stereocenters. The van der Waals surface area contributed by atoms with Gasteiger partial charge in [0.25, 0.3) is 0 Å². The third-order valence-electron chi connectivity index (χ3n) is 4.18. The number of aliphatic hydroxyl groups is 1. The van der Waals surface area contributed by atoms with Gasteiger partial charge in [-0.25, -0.2) is 4.39 Å². The van der Waals surface area contributed by atoms with Gasteiger partial charge in [-0.1, -0.05) is 0 Å². The summed E-state index contributed by atoms with van der Waals surface area (Å²) in [6.07, 6.45) is 1.89. The Labute approximate surface area is 141 Å². The van der Waals surface area contributed by atoms with E-state index in [0.29, 0.717) is 13.2 Å². The third-order valence-corrected chi connectivity index (χ3v) is 4.18. The highest BCUT2D eigenvalue weighted by molar-refractivity contribution is 5.72. The van der Waals surface area contributed by atoms with Gasteiger partial charge in [-0.2, -0.15) is 0 Å². The van der Waals surface area contributed by atoms with E-state index in [-0.39, 0.29) is 12.4 Å². The lowest BCUT2D eigenvalue weighted by Crippen LogP contribution is -2.35. The van der Waals surface area contributed by atoms with Crippen LogP contribution >= 0.6 is 0 Å². The molecular weight excluding hydrogens is 311 g/mol. The average Bonchev–Trinajstić information content (AvgIpc) is 3.02. The number of β-amino-alcohol motifs (C(OH)–C–C–N with tert-alkyl or cyclic N) is 1. The summed E-state index contributed by atoms with van der Waals surface area (Å²) < 4.78 is 24.4. The van der Waals surface area contributed by atoms with Crippen LogP contribution in [0.5, 0.6) is 0 Å². The molecule has 5 nitrogen and oxygen atoms in total. The maximum Gasteiger partial charge on any atom is 0.129 e. The Balaban J connectivity index is 1.61. The minimum absolute atomic E-state index is 0.206. The molecule has 1 aliphatic rings. The molecule has 1 aliphatic heterocycles. The molecule has 0 spiro atoms. The molecule has 0 aliphatic carbocycles. The summed E-state index contributed by atoms with van der Waals surface area (Å²) in [6, 6.07) is 8.43. The van der Waals surface area contributed by atoms with E-state index < -0.39 is 6.10 Å². The smallest absolute Gasteiger partial charge is 0.129 e. The highest BCUT2D eigenvalue weighted by atomic mass is 19.1. The lowest BCUT2D eigenvalue weighted by Gasteiger charge is -2.28. The molecule has 0 saturated heterocycles. The minimum atomic E-state index is -0.653. The second kappa shape index (κ2) is 7.68. The number of furan rings is 1. The molecule has 2 heterocycles. The van der Waals surface area contributed by atoms with Crippen molar-refractivity contribution in [1.29, 1.82) is 0 Å². The number of benzene rings is 1. The second-order valence-electron chi connectivity index (χ2n) is 6.10. The molecule has 2 aromatic rings. The quantitative estimate of drug-likeness (QED) is 0.880. The standard InChI is InChI=1S/C18H23FN2O3/c1-20-7-3-8-21(18-10-14(19)5-6-17(18)20)11-15(22)12-23-13-16-4-2-9-24-16/h2,4-6,9-10,15,22H,3,7-8,11-13H2,1H3. The van der Waals surface area contributed by atoms with E-state index in [2.05, 4.69) is 4.90 Å². The fourth-order valence-electron chi connectivity index (χ4n) is 3.00. The van der Waals surface area contributed by atoms with Crippen molar-refractivity contribution in [3.63, 3.8) is 0 Å². The van der Waals surface area contributed by atoms with Crippen LogP contribution in [0.25, 0.3) is 0 Å². The Kier molecular flexibility index (Phi) is 5.37.